The first-order valence-electron chi connectivity index (χ1n) is 6.31. The zero-order chi connectivity index (χ0) is 15.7. The molecule has 0 radical (unpaired) electrons. The van der Waals surface area contributed by atoms with Gasteiger partial charge < -0.3 is 14.8 Å². The van der Waals surface area contributed by atoms with Crippen LogP contribution >= 0.6 is 0 Å². The number of hydrogen-bond donors (Lipinski definition) is 2. The van der Waals surface area contributed by atoms with E-state index in [1.165, 1.54) is 24.3 Å². The van der Waals surface area contributed by atoms with Crippen LogP contribution in [0.2, 0.25) is 0 Å². The van der Waals surface area contributed by atoms with Crippen LogP contribution in [0.1, 0.15) is 0 Å². The van der Waals surface area contributed by atoms with Gasteiger partial charge in [0, 0.05) is 5.56 Å². The first-order valence-corrected chi connectivity index (χ1v) is 6.31. The normalized spacial score (nSPS) is 11.5. The largest absolute Gasteiger partial charge is 0.501 e. The van der Waals surface area contributed by atoms with Gasteiger partial charge in [-0.1, -0.05) is 12.1 Å². The van der Waals surface area contributed by atoms with Crippen molar-refractivity contribution in [2.24, 2.45) is 0 Å². The van der Waals surface area contributed by atoms with E-state index in [9.17, 15) is 13.6 Å². The highest BCUT2D eigenvalue weighted by atomic mass is 19.3. The summed E-state index contributed by atoms with van der Waals surface area (Å²) in [7, 11) is 0. The molecule has 0 bridgehead atoms. The molecule has 0 aliphatic carbocycles. The summed E-state index contributed by atoms with van der Waals surface area (Å²) >= 11 is 0. The number of ether oxygens (including phenoxy) is 1. The lowest BCUT2D eigenvalue weighted by molar-refractivity contribution is -0.210. The number of carbonyl (C=O) groups is 1. The van der Waals surface area contributed by atoms with Crippen molar-refractivity contribution in [2.45, 2.75) is 6.11 Å². The quantitative estimate of drug-likeness (QED) is 0.775. The van der Waals surface area contributed by atoms with Crippen LogP contribution in [-0.4, -0.2) is 27.2 Å². The van der Waals surface area contributed by atoms with Crippen LogP contribution in [0.4, 0.5) is 8.78 Å². The molecule has 7 heteroatoms. The maximum absolute atomic E-state index is 13.0. The molecule has 3 aromatic rings. The Bertz CT molecular complexity index is 795. The fourth-order valence-electron chi connectivity index (χ4n) is 1.96. The fraction of sp³-hybridized carbons (Fsp3) is 0.0667. The van der Waals surface area contributed by atoms with E-state index in [0.717, 1.165) is 11.0 Å². The second-order valence-electron chi connectivity index (χ2n) is 4.55. The van der Waals surface area contributed by atoms with Gasteiger partial charge in [-0.3, -0.25) is 0 Å². The number of halogens is 2. The van der Waals surface area contributed by atoms with Gasteiger partial charge in [-0.05, 0) is 36.4 Å². The predicted octanol–water partition coefficient (Wildman–Crippen LogP) is 3.29. The smallest absolute Gasteiger partial charge is 0.474 e. The third-order valence-corrected chi connectivity index (χ3v) is 3.01. The van der Waals surface area contributed by atoms with Gasteiger partial charge in [-0.2, -0.15) is 8.78 Å². The monoisotopic (exact) mass is 304 g/mol. The highest BCUT2D eigenvalue weighted by Crippen LogP contribution is 2.26. The zero-order valence-corrected chi connectivity index (χ0v) is 11.1. The number of aromatic amines is 1. The van der Waals surface area contributed by atoms with Crippen LogP contribution in [-0.2, 0) is 4.79 Å². The number of fused-ring (bicyclic) bond motifs is 1. The molecule has 22 heavy (non-hydrogen) atoms. The van der Waals surface area contributed by atoms with Crippen molar-refractivity contribution in [3.05, 3.63) is 48.5 Å². The van der Waals surface area contributed by atoms with Crippen LogP contribution in [0.3, 0.4) is 0 Å². The summed E-state index contributed by atoms with van der Waals surface area (Å²) in [5, 5.41) is 8.33. The predicted molar refractivity (Wildman–Crippen MR) is 74.7 cm³/mol. The number of aliphatic carboxylic acids is 1. The third kappa shape index (κ3) is 2.60. The first kappa shape index (κ1) is 14.0. The molecule has 2 N–H and O–H groups in total. The number of nitrogens with zero attached hydrogens (tertiary/aromatic N) is 1. The van der Waals surface area contributed by atoms with Gasteiger partial charge in [0.15, 0.2) is 0 Å². The Kier molecular flexibility index (Phi) is 3.25. The minimum Gasteiger partial charge on any atom is -0.474 e. The van der Waals surface area contributed by atoms with Crippen LogP contribution in [0, 0.1) is 0 Å². The van der Waals surface area contributed by atoms with E-state index in [1.54, 1.807) is 0 Å². The van der Waals surface area contributed by atoms with Crippen LogP contribution in [0.5, 0.6) is 5.75 Å². The molecule has 5 nitrogen and oxygen atoms in total. The molecule has 0 unspecified atom stereocenters. The molecular weight excluding hydrogens is 294 g/mol. The zero-order valence-electron chi connectivity index (χ0n) is 11.1. The molecule has 0 aliphatic rings. The summed E-state index contributed by atoms with van der Waals surface area (Å²) in [6, 6.07) is 13.0. The second-order valence-corrected chi connectivity index (χ2v) is 4.55. The van der Waals surface area contributed by atoms with Gasteiger partial charge in [-0.25, -0.2) is 9.78 Å². The summed E-state index contributed by atoms with van der Waals surface area (Å²) in [5.74, 6) is -2.00. The van der Waals surface area contributed by atoms with Gasteiger partial charge in [0.2, 0.25) is 0 Å². The van der Waals surface area contributed by atoms with E-state index < -0.39 is 12.1 Å². The summed E-state index contributed by atoms with van der Waals surface area (Å²) in [6.07, 6.45) is -4.26. The van der Waals surface area contributed by atoms with E-state index in [0.29, 0.717) is 11.4 Å². The Morgan fingerprint density at radius 3 is 2.45 bits per heavy atom. The van der Waals surface area contributed by atoms with Crippen LogP contribution in [0.25, 0.3) is 22.4 Å². The molecule has 0 saturated heterocycles. The second kappa shape index (κ2) is 5.10. The van der Waals surface area contributed by atoms with E-state index in [4.69, 9.17) is 5.11 Å². The number of nitrogens with one attached hydrogen (secondary N) is 1. The average Bonchev–Trinajstić information content (AvgIpc) is 2.91. The van der Waals surface area contributed by atoms with Crippen LogP contribution < -0.4 is 4.74 Å². The summed E-state index contributed by atoms with van der Waals surface area (Å²) in [6.45, 7) is 0. The van der Waals surface area contributed by atoms with E-state index in [2.05, 4.69) is 14.7 Å². The highest BCUT2D eigenvalue weighted by Gasteiger charge is 2.42. The van der Waals surface area contributed by atoms with Crippen molar-refractivity contribution in [1.82, 2.24) is 9.97 Å². The van der Waals surface area contributed by atoms with E-state index in [-0.39, 0.29) is 5.75 Å². The Labute approximate surface area is 123 Å². The molecule has 0 fully saturated rings. The van der Waals surface area contributed by atoms with Gasteiger partial charge in [0.25, 0.3) is 0 Å². The Morgan fingerprint density at radius 1 is 1.14 bits per heavy atom. The Hall–Kier alpha value is -2.96. The number of imidazole rings is 1. The number of benzene rings is 2. The first-order chi connectivity index (χ1) is 10.5. The number of aromatic nitrogens is 2. The standard InChI is InChI=1S/C15H10F2N2O3/c16-15(17,14(20)21)22-10-7-5-9(6-8-10)13-18-11-3-1-2-4-12(11)19-13/h1-8H,(H,18,19)(H,20,21). The summed E-state index contributed by atoms with van der Waals surface area (Å²) in [5.41, 5.74) is 2.31. The Balaban J connectivity index is 1.86. The lowest BCUT2D eigenvalue weighted by Gasteiger charge is -2.13. The molecule has 112 valence electrons. The van der Waals surface area contributed by atoms with E-state index in [1.807, 2.05) is 24.3 Å². The fourth-order valence-corrected chi connectivity index (χ4v) is 1.96. The number of H-pyrrole nitrogens is 1. The molecule has 1 heterocycles. The van der Waals surface area contributed by atoms with Gasteiger partial charge in [0.1, 0.15) is 11.6 Å². The third-order valence-electron chi connectivity index (χ3n) is 3.01. The molecule has 0 atom stereocenters. The van der Waals surface area contributed by atoms with Crippen molar-refractivity contribution in [3.8, 4) is 17.1 Å². The minimum atomic E-state index is -4.26. The SMILES string of the molecule is O=C(O)C(F)(F)Oc1ccc(-c2nc3ccccc3[nH]2)cc1. The van der Waals surface area contributed by atoms with Crippen molar-refractivity contribution in [2.75, 3.05) is 0 Å². The topological polar surface area (TPSA) is 75.2 Å². The van der Waals surface area contributed by atoms with Gasteiger partial charge >= 0.3 is 12.1 Å². The maximum Gasteiger partial charge on any atom is 0.501 e. The highest BCUT2D eigenvalue weighted by molar-refractivity contribution is 5.79. The molecule has 3 rings (SSSR count). The number of carboxylic acid groups (broad SMARTS) is 1. The molecule has 0 spiro atoms. The van der Waals surface area contributed by atoms with E-state index >= 15 is 0 Å². The summed E-state index contributed by atoms with van der Waals surface area (Å²) in [4.78, 5) is 17.8. The van der Waals surface area contributed by atoms with Gasteiger partial charge in [-0.15, -0.1) is 0 Å². The van der Waals surface area contributed by atoms with Crippen molar-refractivity contribution < 1.29 is 23.4 Å². The Morgan fingerprint density at radius 2 is 1.82 bits per heavy atom. The van der Waals surface area contributed by atoms with Crippen molar-refractivity contribution in [1.29, 1.82) is 0 Å². The van der Waals surface area contributed by atoms with Crippen molar-refractivity contribution >= 4 is 17.0 Å². The average molecular weight is 304 g/mol. The number of rotatable bonds is 4. The minimum absolute atomic E-state index is 0.243. The number of para-hydroxylation sites is 2. The van der Waals surface area contributed by atoms with Crippen LogP contribution in [0.15, 0.2) is 48.5 Å². The van der Waals surface area contributed by atoms with Gasteiger partial charge in [0.05, 0.1) is 11.0 Å². The molecule has 1 aromatic heterocycles. The number of alkyl halides is 2. The molecule has 0 aliphatic heterocycles. The van der Waals surface area contributed by atoms with Crippen molar-refractivity contribution in [3.63, 3.8) is 0 Å². The number of hydrogen-bond acceptors (Lipinski definition) is 3. The lowest BCUT2D eigenvalue weighted by Crippen LogP contribution is -2.34. The molecule has 2 aromatic carbocycles. The molecule has 0 saturated carbocycles. The lowest BCUT2D eigenvalue weighted by atomic mass is 10.2. The maximum atomic E-state index is 13.0. The molecule has 0 amide bonds. The summed E-state index contributed by atoms with van der Waals surface area (Å²) < 4.78 is 30.1. The number of carboxylic acids is 1. The molecular formula is C15H10F2N2O3.